The fraction of sp³-hybridized carbons (Fsp3) is 0.462. The van der Waals surface area contributed by atoms with E-state index in [0.717, 1.165) is 62.1 Å². The number of aliphatic hydroxyl groups excluding tert-OH is 1. The molecule has 0 aliphatic heterocycles. The molecule has 1 N–H and O–H groups in total. The molecule has 3 aromatic rings. The highest BCUT2D eigenvalue weighted by Crippen LogP contribution is 2.35. The summed E-state index contributed by atoms with van der Waals surface area (Å²) in [7, 11) is -6.85. The molecule has 0 spiro atoms. The minimum Gasteiger partial charge on any atom is -0.387 e. The number of unbranched alkanes of at least 4 members (excludes halogenated alkanes) is 2. The van der Waals surface area contributed by atoms with Gasteiger partial charge in [-0.15, -0.1) is 12.4 Å². The third kappa shape index (κ3) is 7.17. The van der Waals surface area contributed by atoms with Gasteiger partial charge in [-0.25, -0.2) is 16.8 Å². The molecule has 0 aliphatic carbocycles. The summed E-state index contributed by atoms with van der Waals surface area (Å²) in [6.45, 7) is 6.54. The Morgan fingerprint density at radius 1 is 0.771 bits per heavy atom. The van der Waals surface area contributed by atoms with Crippen LogP contribution in [-0.2, 0) is 19.7 Å². The molecule has 1 atom stereocenters. The maximum absolute atomic E-state index is 12.2. The van der Waals surface area contributed by atoms with Gasteiger partial charge in [-0.05, 0) is 83.4 Å². The van der Waals surface area contributed by atoms with Crippen LogP contribution >= 0.6 is 12.4 Å². The first-order valence-corrected chi connectivity index (χ1v) is 15.5. The van der Waals surface area contributed by atoms with Crippen molar-refractivity contribution in [1.82, 2.24) is 4.90 Å². The van der Waals surface area contributed by atoms with Crippen LogP contribution in [0.25, 0.3) is 21.5 Å². The quantitative estimate of drug-likeness (QED) is 0.337. The van der Waals surface area contributed by atoms with Gasteiger partial charge in [-0.1, -0.05) is 38.8 Å². The SMILES string of the molecule is CCCCN(CCCC)CC(O)c1cc2cc(S(C)(=O)=O)ccc2c2cc(S(C)(=O)=O)ccc12.Cl. The molecule has 0 saturated carbocycles. The molecule has 0 fully saturated rings. The first kappa shape index (κ1) is 29.5. The third-order valence-electron chi connectivity index (χ3n) is 6.23. The molecule has 0 saturated heterocycles. The fourth-order valence-corrected chi connectivity index (χ4v) is 5.59. The van der Waals surface area contributed by atoms with Crippen LogP contribution in [0.15, 0.2) is 52.3 Å². The van der Waals surface area contributed by atoms with Crippen LogP contribution in [0, 0.1) is 0 Å². The highest BCUT2D eigenvalue weighted by Gasteiger charge is 2.20. The highest BCUT2D eigenvalue weighted by molar-refractivity contribution is 7.91. The minimum absolute atomic E-state index is 0. The molecule has 0 aromatic heterocycles. The molecule has 0 aliphatic rings. The first-order valence-electron chi connectivity index (χ1n) is 11.8. The van der Waals surface area contributed by atoms with Gasteiger partial charge >= 0.3 is 0 Å². The smallest absolute Gasteiger partial charge is 0.175 e. The van der Waals surface area contributed by atoms with Crippen LogP contribution in [0.3, 0.4) is 0 Å². The van der Waals surface area contributed by atoms with Crippen molar-refractivity contribution in [2.75, 3.05) is 32.1 Å². The van der Waals surface area contributed by atoms with E-state index in [4.69, 9.17) is 0 Å². The normalized spacial score (nSPS) is 13.3. The van der Waals surface area contributed by atoms with E-state index in [1.807, 2.05) is 6.07 Å². The highest BCUT2D eigenvalue weighted by atomic mass is 35.5. The largest absolute Gasteiger partial charge is 0.387 e. The van der Waals surface area contributed by atoms with Crippen LogP contribution in [0.1, 0.15) is 51.2 Å². The number of fused-ring (bicyclic) bond motifs is 3. The predicted molar refractivity (Wildman–Crippen MR) is 146 cm³/mol. The lowest BCUT2D eigenvalue weighted by Crippen LogP contribution is -2.30. The Morgan fingerprint density at radius 3 is 1.80 bits per heavy atom. The van der Waals surface area contributed by atoms with Crippen LogP contribution in [-0.4, -0.2) is 59.0 Å². The van der Waals surface area contributed by atoms with Crippen molar-refractivity contribution in [2.24, 2.45) is 0 Å². The second-order valence-electron chi connectivity index (χ2n) is 9.12. The molecule has 0 bridgehead atoms. The summed E-state index contributed by atoms with van der Waals surface area (Å²) in [5, 5.41) is 14.2. The monoisotopic (exact) mass is 541 g/mol. The van der Waals surface area contributed by atoms with Crippen molar-refractivity contribution in [3.05, 3.63) is 48.0 Å². The second-order valence-corrected chi connectivity index (χ2v) is 13.2. The van der Waals surface area contributed by atoms with Gasteiger partial charge < -0.3 is 10.0 Å². The van der Waals surface area contributed by atoms with Gasteiger partial charge in [0.2, 0.25) is 0 Å². The number of hydrogen-bond donors (Lipinski definition) is 1. The van der Waals surface area contributed by atoms with Crippen LogP contribution < -0.4 is 0 Å². The first-order chi connectivity index (χ1) is 16.0. The Bertz CT molecular complexity index is 1380. The summed E-state index contributed by atoms with van der Waals surface area (Å²) in [4.78, 5) is 2.64. The number of sulfone groups is 2. The van der Waals surface area contributed by atoms with Gasteiger partial charge in [0.15, 0.2) is 19.7 Å². The maximum atomic E-state index is 12.2. The molecule has 194 valence electrons. The number of hydrogen-bond acceptors (Lipinski definition) is 6. The number of benzene rings is 3. The Labute approximate surface area is 215 Å². The van der Waals surface area contributed by atoms with Crippen molar-refractivity contribution in [3.63, 3.8) is 0 Å². The van der Waals surface area contributed by atoms with E-state index >= 15 is 0 Å². The molecule has 9 heteroatoms. The van der Waals surface area contributed by atoms with E-state index in [1.54, 1.807) is 30.3 Å². The Morgan fingerprint density at radius 2 is 1.29 bits per heavy atom. The standard InChI is InChI=1S/C26H35NO5S2.ClH/c1-5-7-13-27(14-8-6-2)18-26(28)25-16-19-15-20(33(3,29)30)9-11-22(19)24-17-21(34(4,31)32)10-12-23(24)25;/h9-12,15-17,26,28H,5-8,13-14,18H2,1-4H3;1H. The van der Waals surface area contributed by atoms with Gasteiger partial charge in [0.25, 0.3) is 0 Å². The topological polar surface area (TPSA) is 91.8 Å². The van der Waals surface area contributed by atoms with Crippen molar-refractivity contribution in [1.29, 1.82) is 0 Å². The van der Waals surface area contributed by atoms with E-state index in [0.29, 0.717) is 22.9 Å². The predicted octanol–water partition coefficient (Wildman–Crippen LogP) is 5.16. The van der Waals surface area contributed by atoms with E-state index in [9.17, 15) is 21.9 Å². The van der Waals surface area contributed by atoms with E-state index < -0.39 is 25.8 Å². The lowest BCUT2D eigenvalue weighted by molar-refractivity contribution is 0.112. The number of nitrogens with zero attached hydrogens (tertiary/aromatic N) is 1. The van der Waals surface area contributed by atoms with Crippen molar-refractivity contribution in [2.45, 2.75) is 55.4 Å². The van der Waals surface area contributed by atoms with Crippen LogP contribution in [0.2, 0.25) is 0 Å². The Balaban J connectivity index is 0.00000432. The molecule has 0 heterocycles. The molecule has 3 aromatic carbocycles. The summed E-state index contributed by atoms with van der Waals surface area (Å²) in [5.74, 6) is 0. The molecule has 0 amide bonds. The summed E-state index contributed by atoms with van der Waals surface area (Å²) < 4.78 is 48.8. The fourth-order valence-electron chi connectivity index (χ4n) is 4.29. The van der Waals surface area contributed by atoms with E-state index in [-0.39, 0.29) is 22.2 Å². The average molecular weight is 542 g/mol. The molecule has 35 heavy (non-hydrogen) atoms. The Kier molecular flexibility index (Phi) is 10.1. The van der Waals surface area contributed by atoms with Gasteiger partial charge in [-0.3, -0.25) is 0 Å². The van der Waals surface area contributed by atoms with Gasteiger partial charge in [0, 0.05) is 19.1 Å². The summed E-state index contributed by atoms with van der Waals surface area (Å²) in [6, 6.07) is 11.6. The van der Waals surface area contributed by atoms with Crippen LogP contribution in [0.4, 0.5) is 0 Å². The van der Waals surface area contributed by atoms with Gasteiger partial charge in [-0.2, -0.15) is 0 Å². The lowest BCUT2D eigenvalue weighted by Gasteiger charge is -2.26. The summed E-state index contributed by atoms with van der Waals surface area (Å²) >= 11 is 0. The zero-order valence-electron chi connectivity index (χ0n) is 20.8. The average Bonchev–Trinajstić information content (AvgIpc) is 2.78. The van der Waals surface area contributed by atoms with Gasteiger partial charge in [0.05, 0.1) is 15.9 Å². The maximum Gasteiger partial charge on any atom is 0.175 e. The van der Waals surface area contributed by atoms with Crippen molar-refractivity contribution in [3.8, 4) is 0 Å². The number of rotatable bonds is 11. The lowest BCUT2D eigenvalue weighted by atomic mass is 9.94. The van der Waals surface area contributed by atoms with E-state index in [1.165, 1.54) is 6.07 Å². The number of halogens is 1. The Hall–Kier alpha value is -1.71. The molecular weight excluding hydrogens is 506 g/mol. The summed E-state index contributed by atoms with van der Waals surface area (Å²) in [5.41, 5.74) is 0.672. The summed E-state index contributed by atoms with van der Waals surface area (Å²) in [6.07, 6.45) is 5.75. The molecule has 0 radical (unpaired) electrons. The molecule has 3 rings (SSSR count). The third-order valence-corrected chi connectivity index (χ3v) is 8.45. The second kappa shape index (κ2) is 12.0. The number of aliphatic hydroxyl groups is 1. The molecular formula is C26H36ClNO5S2. The minimum atomic E-state index is -3.43. The van der Waals surface area contributed by atoms with Crippen molar-refractivity contribution < 1.29 is 21.9 Å². The van der Waals surface area contributed by atoms with E-state index in [2.05, 4.69) is 18.7 Å². The molecule has 6 nitrogen and oxygen atoms in total. The van der Waals surface area contributed by atoms with Gasteiger partial charge in [0.1, 0.15) is 0 Å². The zero-order chi connectivity index (χ0) is 25.1. The molecule has 1 unspecified atom stereocenters. The van der Waals surface area contributed by atoms with Crippen molar-refractivity contribution >= 4 is 53.6 Å². The van der Waals surface area contributed by atoms with Crippen LogP contribution in [0.5, 0.6) is 0 Å². The zero-order valence-corrected chi connectivity index (χ0v) is 23.3.